The number of carbonyl (C=O) groups excluding carboxylic acids is 1. The number of hydrogen-bond donors (Lipinski definition) is 1. The summed E-state index contributed by atoms with van der Waals surface area (Å²) in [5, 5.41) is 7.69. The maximum absolute atomic E-state index is 12.6. The van der Waals surface area contributed by atoms with Gasteiger partial charge in [0.05, 0.1) is 27.0 Å². The van der Waals surface area contributed by atoms with Crippen LogP contribution in [-0.2, 0) is 11.2 Å². The van der Waals surface area contributed by atoms with Crippen molar-refractivity contribution in [2.75, 3.05) is 26.6 Å². The number of aromatic nitrogens is 3. The average Bonchev–Trinajstić information content (AvgIpc) is 3.27. The molecule has 0 radical (unpaired) electrons. The van der Waals surface area contributed by atoms with E-state index >= 15 is 0 Å². The Balaban J connectivity index is 1.54. The number of amides is 1. The number of methoxy groups -OCH3 is 3. The number of aryl methyl sites for hydroxylation is 2. The van der Waals surface area contributed by atoms with Crippen molar-refractivity contribution in [2.45, 2.75) is 26.7 Å². The summed E-state index contributed by atoms with van der Waals surface area (Å²) >= 11 is 0. The lowest BCUT2D eigenvalue weighted by atomic mass is 10.1. The molecule has 4 rings (SSSR count). The van der Waals surface area contributed by atoms with Gasteiger partial charge < -0.3 is 19.5 Å². The van der Waals surface area contributed by atoms with Gasteiger partial charge in [-0.05, 0) is 50.1 Å². The van der Waals surface area contributed by atoms with E-state index in [4.69, 9.17) is 24.3 Å². The fraction of sp³-hybridized carbons (Fsp3) is 0.269. The largest absolute Gasteiger partial charge is 0.496 e. The van der Waals surface area contributed by atoms with E-state index in [1.54, 1.807) is 39.5 Å². The second-order valence-electron chi connectivity index (χ2n) is 7.88. The number of anilines is 1. The fourth-order valence-corrected chi connectivity index (χ4v) is 4.05. The van der Waals surface area contributed by atoms with Gasteiger partial charge in [-0.3, -0.25) is 4.79 Å². The predicted molar refractivity (Wildman–Crippen MR) is 131 cm³/mol. The first kappa shape index (κ1) is 23.1. The molecule has 1 N–H and O–H groups in total. The molecule has 2 heterocycles. The smallest absolute Gasteiger partial charge is 0.224 e. The van der Waals surface area contributed by atoms with Crippen LogP contribution < -0.4 is 19.5 Å². The lowest BCUT2D eigenvalue weighted by Crippen LogP contribution is -2.14. The van der Waals surface area contributed by atoms with E-state index < -0.39 is 0 Å². The highest BCUT2D eigenvalue weighted by Crippen LogP contribution is 2.31. The van der Waals surface area contributed by atoms with Gasteiger partial charge >= 0.3 is 0 Å². The minimum atomic E-state index is -0.0960. The van der Waals surface area contributed by atoms with Crippen LogP contribution in [0.25, 0.3) is 16.9 Å². The number of hydrogen-bond acceptors (Lipinski definition) is 6. The number of para-hydroxylation sites is 1. The quantitative estimate of drug-likeness (QED) is 0.413. The zero-order chi connectivity index (χ0) is 24.2. The molecule has 4 aromatic rings. The summed E-state index contributed by atoms with van der Waals surface area (Å²) in [6, 6.07) is 15.0. The zero-order valence-corrected chi connectivity index (χ0v) is 20.0. The Morgan fingerprint density at radius 2 is 1.68 bits per heavy atom. The van der Waals surface area contributed by atoms with Crippen molar-refractivity contribution in [3.8, 4) is 28.5 Å². The number of benzene rings is 2. The summed E-state index contributed by atoms with van der Waals surface area (Å²) in [6.07, 6.45) is 0.855. The summed E-state index contributed by atoms with van der Waals surface area (Å²) in [5.74, 6) is 1.83. The topological polar surface area (TPSA) is 87.0 Å². The minimum Gasteiger partial charge on any atom is -0.496 e. The fourth-order valence-electron chi connectivity index (χ4n) is 4.05. The molecule has 0 bridgehead atoms. The summed E-state index contributed by atoms with van der Waals surface area (Å²) in [4.78, 5) is 17.4. The molecule has 0 unspecified atom stereocenters. The standard InChI is InChI=1S/C26H28N4O4/c1-16-19(11-13-26(31)28-18-10-12-23(33-4)24(14-18)34-5)17(2)30-25(27-16)15-21(29-30)20-8-6-7-9-22(20)32-3/h6-10,12,14-15H,11,13H2,1-5H3,(H,28,31). The monoisotopic (exact) mass is 460 g/mol. The lowest BCUT2D eigenvalue weighted by molar-refractivity contribution is -0.116. The molecule has 2 aromatic carbocycles. The van der Waals surface area contributed by atoms with Gasteiger partial charge in [0.15, 0.2) is 17.1 Å². The Labute approximate surface area is 198 Å². The number of fused-ring (bicyclic) bond motifs is 1. The van der Waals surface area contributed by atoms with Crippen molar-refractivity contribution >= 4 is 17.2 Å². The molecule has 0 saturated carbocycles. The summed E-state index contributed by atoms with van der Waals surface area (Å²) in [6.45, 7) is 3.96. The van der Waals surface area contributed by atoms with E-state index in [9.17, 15) is 4.79 Å². The Hall–Kier alpha value is -4.07. The van der Waals surface area contributed by atoms with Crippen molar-refractivity contribution in [1.82, 2.24) is 14.6 Å². The van der Waals surface area contributed by atoms with E-state index in [1.807, 2.05) is 48.7 Å². The molecule has 0 aliphatic carbocycles. The third kappa shape index (κ3) is 4.52. The number of ether oxygens (including phenoxy) is 3. The molecule has 0 fully saturated rings. The van der Waals surface area contributed by atoms with Crippen molar-refractivity contribution < 1.29 is 19.0 Å². The molecular weight excluding hydrogens is 432 g/mol. The van der Waals surface area contributed by atoms with Gasteiger partial charge in [-0.1, -0.05) is 12.1 Å². The first-order chi connectivity index (χ1) is 16.4. The first-order valence-electron chi connectivity index (χ1n) is 11.0. The van der Waals surface area contributed by atoms with Crippen LogP contribution in [0.15, 0.2) is 48.5 Å². The predicted octanol–water partition coefficient (Wildman–Crippen LogP) is 4.61. The maximum atomic E-state index is 12.6. The van der Waals surface area contributed by atoms with Gasteiger partial charge in [0.2, 0.25) is 5.91 Å². The molecule has 2 aromatic heterocycles. The molecule has 176 valence electrons. The number of nitrogens with one attached hydrogen (secondary N) is 1. The normalized spacial score (nSPS) is 10.9. The van der Waals surface area contributed by atoms with E-state index in [0.717, 1.165) is 39.6 Å². The molecule has 8 heteroatoms. The van der Waals surface area contributed by atoms with E-state index in [0.29, 0.717) is 30.0 Å². The van der Waals surface area contributed by atoms with E-state index in [2.05, 4.69) is 5.32 Å². The van der Waals surface area contributed by atoms with Crippen molar-refractivity contribution in [3.63, 3.8) is 0 Å². The molecule has 0 aliphatic heterocycles. The Morgan fingerprint density at radius 3 is 2.41 bits per heavy atom. The Morgan fingerprint density at radius 1 is 0.941 bits per heavy atom. The molecule has 8 nitrogen and oxygen atoms in total. The molecule has 0 spiro atoms. The van der Waals surface area contributed by atoms with Crippen LogP contribution in [0.3, 0.4) is 0 Å². The lowest BCUT2D eigenvalue weighted by Gasteiger charge is -2.12. The Bertz CT molecular complexity index is 1350. The molecular formula is C26H28N4O4. The molecule has 34 heavy (non-hydrogen) atoms. The van der Waals surface area contributed by atoms with Crippen LogP contribution in [0.5, 0.6) is 17.2 Å². The molecule has 0 aliphatic rings. The SMILES string of the molecule is COc1ccc(NC(=O)CCc2c(C)nc3cc(-c4ccccc4OC)nn3c2C)cc1OC. The zero-order valence-electron chi connectivity index (χ0n) is 20.0. The van der Waals surface area contributed by atoms with Gasteiger partial charge in [0, 0.05) is 41.2 Å². The first-order valence-corrected chi connectivity index (χ1v) is 11.0. The molecule has 0 atom stereocenters. The van der Waals surface area contributed by atoms with Crippen LogP contribution in [0, 0.1) is 13.8 Å². The van der Waals surface area contributed by atoms with Crippen molar-refractivity contribution in [3.05, 3.63) is 65.5 Å². The van der Waals surface area contributed by atoms with E-state index in [-0.39, 0.29) is 5.91 Å². The third-order valence-corrected chi connectivity index (χ3v) is 5.82. The van der Waals surface area contributed by atoms with Crippen LogP contribution in [0.2, 0.25) is 0 Å². The number of rotatable bonds is 8. The second-order valence-corrected chi connectivity index (χ2v) is 7.88. The highest BCUT2D eigenvalue weighted by Gasteiger charge is 2.16. The van der Waals surface area contributed by atoms with Gasteiger partial charge in [-0.15, -0.1) is 0 Å². The van der Waals surface area contributed by atoms with Gasteiger partial charge in [0.1, 0.15) is 5.75 Å². The van der Waals surface area contributed by atoms with Crippen LogP contribution in [0.1, 0.15) is 23.4 Å². The summed E-state index contributed by atoms with van der Waals surface area (Å²) < 4.78 is 17.9. The summed E-state index contributed by atoms with van der Waals surface area (Å²) in [7, 11) is 4.78. The maximum Gasteiger partial charge on any atom is 0.224 e. The Kier molecular flexibility index (Phi) is 6.67. The van der Waals surface area contributed by atoms with Crippen LogP contribution in [0.4, 0.5) is 5.69 Å². The van der Waals surface area contributed by atoms with Crippen molar-refractivity contribution in [1.29, 1.82) is 0 Å². The third-order valence-electron chi connectivity index (χ3n) is 5.82. The van der Waals surface area contributed by atoms with Crippen LogP contribution in [-0.4, -0.2) is 41.8 Å². The van der Waals surface area contributed by atoms with Gasteiger partial charge in [-0.2, -0.15) is 5.10 Å². The highest BCUT2D eigenvalue weighted by molar-refractivity contribution is 5.91. The number of carbonyl (C=O) groups is 1. The second kappa shape index (κ2) is 9.82. The molecule has 1 amide bonds. The average molecular weight is 461 g/mol. The van der Waals surface area contributed by atoms with Crippen molar-refractivity contribution in [2.24, 2.45) is 0 Å². The highest BCUT2D eigenvalue weighted by atomic mass is 16.5. The van der Waals surface area contributed by atoms with Gasteiger partial charge in [0.25, 0.3) is 0 Å². The number of nitrogens with zero attached hydrogens (tertiary/aromatic N) is 3. The summed E-state index contributed by atoms with van der Waals surface area (Å²) in [5.41, 5.74) is 5.95. The van der Waals surface area contributed by atoms with Crippen LogP contribution >= 0.6 is 0 Å². The minimum absolute atomic E-state index is 0.0960. The van der Waals surface area contributed by atoms with E-state index in [1.165, 1.54) is 0 Å². The van der Waals surface area contributed by atoms with Gasteiger partial charge in [-0.25, -0.2) is 9.50 Å². The molecule has 0 saturated heterocycles.